The number of carbonyl (C=O) groups excluding carboxylic acids is 1. The summed E-state index contributed by atoms with van der Waals surface area (Å²) in [6.07, 6.45) is 7.97. The van der Waals surface area contributed by atoms with Gasteiger partial charge < -0.3 is 9.80 Å². The predicted octanol–water partition coefficient (Wildman–Crippen LogP) is 1.79. The second-order valence-electron chi connectivity index (χ2n) is 6.16. The second-order valence-corrected chi connectivity index (χ2v) is 6.16. The topological polar surface area (TPSA) is 62.2 Å². The lowest BCUT2D eigenvalue weighted by Gasteiger charge is -2.33. The molecule has 6 heteroatoms. The number of nitrogens with zero attached hydrogens (tertiary/aromatic N) is 5. The van der Waals surface area contributed by atoms with E-state index >= 15 is 0 Å². The van der Waals surface area contributed by atoms with Crippen molar-refractivity contribution in [2.75, 3.05) is 31.6 Å². The minimum Gasteiger partial charge on any atom is -0.345 e. The third kappa shape index (κ3) is 4.07. The zero-order valence-electron chi connectivity index (χ0n) is 14.0. The smallest absolute Gasteiger partial charge is 0.227 e. The number of aromatic nitrogens is 3. The van der Waals surface area contributed by atoms with Crippen LogP contribution in [0.5, 0.6) is 0 Å². The summed E-state index contributed by atoms with van der Waals surface area (Å²) < 4.78 is 0. The Kier molecular flexibility index (Phi) is 5.36. The van der Waals surface area contributed by atoms with Gasteiger partial charge >= 0.3 is 0 Å². The van der Waals surface area contributed by atoms with Crippen LogP contribution in [-0.2, 0) is 11.2 Å². The van der Waals surface area contributed by atoms with Gasteiger partial charge in [0.25, 0.3) is 0 Å². The predicted molar refractivity (Wildman–Crippen MR) is 92.5 cm³/mol. The number of amides is 1. The lowest BCUT2D eigenvalue weighted by Crippen LogP contribution is -2.44. The summed E-state index contributed by atoms with van der Waals surface area (Å²) in [5, 5.41) is 0. The van der Waals surface area contributed by atoms with E-state index in [0.29, 0.717) is 19.0 Å². The molecule has 0 N–H and O–H groups in total. The van der Waals surface area contributed by atoms with E-state index in [-0.39, 0.29) is 11.8 Å². The molecular weight excluding hydrogens is 302 g/mol. The Morgan fingerprint density at radius 1 is 1.21 bits per heavy atom. The van der Waals surface area contributed by atoms with Crippen molar-refractivity contribution in [3.63, 3.8) is 0 Å². The van der Waals surface area contributed by atoms with E-state index in [1.807, 2.05) is 36.2 Å². The molecule has 1 fully saturated rings. The highest BCUT2D eigenvalue weighted by molar-refractivity contribution is 5.79. The lowest BCUT2D eigenvalue weighted by atomic mass is 9.96. The highest BCUT2D eigenvalue weighted by Crippen LogP contribution is 2.21. The molecule has 1 amide bonds. The van der Waals surface area contributed by atoms with E-state index in [0.717, 1.165) is 31.5 Å². The van der Waals surface area contributed by atoms with E-state index < -0.39 is 0 Å². The Labute approximate surface area is 142 Å². The Bertz CT molecular complexity index is 649. The molecule has 0 aromatic carbocycles. The molecule has 2 aromatic rings. The zero-order chi connectivity index (χ0) is 16.8. The summed E-state index contributed by atoms with van der Waals surface area (Å²) in [4.78, 5) is 29.6. The first-order valence-corrected chi connectivity index (χ1v) is 8.41. The Morgan fingerprint density at radius 3 is 2.75 bits per heavy atom. The van der Waals surface area contributed by atoms with Gasteiger partial charge in [-0.1, -0.05) is 6.07 Å². The SMILES string of the molecule is CN(CCc1ccccn1)C(=O)C1CCCN(c2ncccn2)C1. The number of likely N-dealkylation sites (N-methyl/N-ethyl adjacent to an activating group) is 1. The third-order valence-electron chi connectivity index (χ3n) is 4.41. The maximum atomic E-state index is 12.7. The number of anilines is 1. The highest BCUT2D eigenvalue weighted by Gasteiger charge is 2.28. The first kappa shape index (κ1) is 16.4. The summed E-state index contributed by atoms with van der Waals surface area (Å²) in [6.45, 7) is 2.29. The van der Waals surface area contributed by atoms with E-state index in [4.69, 9.17) is 0 Å². The van der Waals surface area contributed by atoms with Crippen molar-refractivity contribution in [2.24, 2.45) is 5.92 Å². The van der Waals surface area contributed by atoms with Crippen molar-refractivity contribution < 1.29 is 4.79 Å². The summed E-state index contributed by atoms with van der Waals surface area (Å²) in [7, 11) is 1.88. The number of rotatable bonds is 5. The Hall–Kier alpha value is -2.50. The molecule has 1 atom stereocenters. The van der Waals surface area contributed by atoms with Gasteiger partial charge in [-0.3, -0.25) is 9.78 Å². The molecule has 1 aliphatic rings. The standard InChI is InChI=1S/C18H23N5O/c1-22(13-8-16-7-2-3-9-19-16)17(24)15-6-4-12-23(14-15)18-20-10-5-11-21-18/h2-3,5,7,9-11,15H,4,6,8,12-14H2,1H3. The molecule has 3 heterocycles. The number of pyridine rings is 1. The molecule has 0 aliphatic carbocycles. The number of hydrogen-bond donors (Lipinski definition) is 0. The molecule has 1 saturated heterocycles. The van der Waals surface area contributed by atoms with Gasteiger partial charge in [-0.15, -0.1) is 0 Å². The monoisotopic (exact) mass is 325 g/mol. The first-order chi connectivity index (χ1) is 11.7. The van der Waals surface area contributed by atoms with Crippen molar-refractivity contribution in [3.05, 3.63) is 48.5 Å². The van der Waals surface area contributed by atoms with E-state index in [2.05, 4.69) is 19.9 Å². The first-order valence-electron chi connectivity index (χ1n) is 8.41. The van der Waals surface area contributed by atoms with Crippen LogP contribution in [0.1, 0.15) is 18.5 Å². The molecule has 6 nitrogen and oxygen atoms in total. The van der Waals surface area contributed by atoms with Crippen molar-refractivity contribution in [1.82, 2.24) is 19.9 Å². The largest absolute Gasteiger partial charge is 0.345 e. The van der Waals surface area contributed by atoms with Crippen molar-refractivity contribution >= 4 is 11.9 Å². The fourth-order valence-corrected chi connectivity index (χ4v) is 3.07. The molecule has 0 radical (unpaired) electrons. The normalized spacial score (nSPS) is 17.5. The molecule has 126 valence electrons. The lowest BCUT2D eigenvalue weighted by molar-refractivity contribution is -0.134. The summed E-state index contributed by atoms with van der Waals surface area (Å²) in [6, 6.07) is 7.68. The van der Waals surface area contributed by atoms with Crippen LogP contribution in [0.15, 0.2) is 42.9 Å². The summed E-state index contributed by atoms with van der Waals surface area (Å²) in [5.74, 6) is 0.925. The van der Waals surface area contributed by atoms with Gasteiger partial charge in [0.1, 0.15) is 0 Å². The van der Waals surface area contributed by atoms with Crippen LogP contribution in [0.25, 0.3) is 0 Å². The highest BCUT2D eigenvalue weighted by atomic mass is 16.2. The van der Waals surface area contributed by atoms with Crippen LogP contribution in [0.3, 0.4) is 0 Å². The minimum atomic E-state index is 0.0105. The number of piperidine rings is 1. The Morgan fingerprint density at radius 2 is 2.00 bits per heavy atom. The zero-order valence-corrected chi connectivity index (χ0v) is 14.0. The molecule has 2 aromatic heterocycles. The number of hydrogen-bond acceptors (Lipinski definition) is 5. The van der Waals surface area contributed by atoms with Crippen LogP contribution in [-0.4, -0.2) is 52.4 Å². The Balaban J connectivity index is 1.55. The van der Waals surface area contributed by atoms with Gasteiger partial charge in [0.2, 0.25) is 11.9 Å². The maximum Gasteiger partial charge on any atom is 0.227 e. The molecule has 1 aliphatic heterocycles. The van der Waals surface area contributed by atoms with Gasteiger partial charge in [0.15, 0.2) is 0 Å². The molecule has 0 bridgehead atoms. The quantitative estimate of drug-likeness (QED) is 0.839. The van der Waals surface area contributed by atoms with Crippen molar-refractivity contribution in [2.45, 2.75) is 19.3 Å². The van der Waals surface area contributed by atoms with Gasteiger partial charge in [-0.25, -0.2) is 9.97 Å². The average molecular weight is 325 g/mol. The minimum absolute atomic E-state index is 0.0105. The summed E-state index contributed by atoms with van der Waals surface area (Å²) >= 11 is 0. The van der Waals surface area contributed by atoms with Gasteiger partial charge in [0.05, 0.1) is 5.92 Å². The molecular formula is C18H23N5O. The fourth-order valence-electron chi connectivity index (χ4n) is 3.07. The van der Waals surface area contributed by atoms with Crippen LogP contribution >= 0.6 is 0 Å². The maximum absolute atomic E-state index is 12.7. The average Bonchev–Trinajstić information content (AvgIpc) is 2.67. The molecule has 0 spiro atoms. The fraction of sp³-hybridized carbons (Fsp3) is 0.444. The molecule has 1 unspecified atom stereocenters. The van der Waals surface area contributed by atoms with E-state index in [9.17, 15) is 4.79 Å². The molecule has 0 saturated carbocycles. The van der Waals surface area contributed by atoms with Crippen LogP contribution < -0.4 is 4.90 Å². The third-order valence-corrected chi connectivity index (χ3v) is 4.41. The van der Waals surface area contributed by atoms with Crippen LogP contribution in [0.2, 0.25) is 0 Å². The second kappa shape index (κ2) is 7.86. The van der Waals surface area contributed by atoms with E-state index in [1.54, 1.807) is 18.6 Å². The molecule has 3 rings (SSSR count). The van der Waals surface area contributed by atoms with Crippen LogP contribution in [0.4, 0.5) is 5.95 Å². The van der Waals surface area contributed by atoms with Gasteiger partial charge in [0, 0.05) is 57.4 Å². The molecule has 24 heavy (non-hydrogen) atoms. The van der Waals surface area contributed by atoms with E-state index in [1.165, 1.54) is 0 Å². The van der Waals surface area contributed by atoms with Crippen molar-refractivity contribution in [1.29, 1.82) is 0 Å². The summed E-state index contributed by atoms with van der Waals surface area (Å²) in [5.41, 5.74) is 1.01. The van der Waals surface area contributed by atoms with Gasteiger partial charge in [-0.2, -0.15) is 0 Å². The van der Waals surface area contributed by atoms with Crippen LogP contribution in [0, 0.1) is 5.92 Å². The van der Waals surface area contributed by atoms with Gasteiger partial charge in [-0.05, 0) is 31.0 Å². The van der Waals surface area contributed by atoms with Crippen molar-refractivity contribution in [3.8, 4) is 0 Å². The number of carbonyl (C=O) groups is 1.